The molecule has 2 aromatic carbocycles. The summed E-state index contributed by atoms with van der Waals surface area (Å²) < 4.78 is 11.3. The van der Waals surface area contributed by atoms with E-state index in [2.05, 4.69) is 11.9 Å². The molecule has 4 rings (SSSR count). The van der Waals surface area contributed by atoms with Crippen LogP contribution in [0.25, 0.3) is 11.3 Å². The molecule has 1 atom stereocenters. The lowest BCUT2D eigenvalue weighted by molar-refractivity contribution is -0.126. The Hall–Kier alpha value is -3.19. The Bertz CT molecular complexity index is 1190. The van der Waals surface area contributed by atoms with Crippen LogP contribution in [0.3, 0.4) is 0 Å². The summed E-state index contributed by atoms with van der Waals surface area (Å²) in [6.45, 7) is 8.65. The molecule has 172 valence electrons. The van der Waals surface area contributed by atoms with Gasteiger partial charge in [0.15, 0.2) is 6.10 Å². The van der Waals surface area contributed by atoms with Gasteiger partial charge in [0.25, 0.3) is 5.91 Å². The van der Waals surface area contributed by atoms with Crippen LogP contribution in [0, 0.1) is 13.8 Å². The van der Waals surface area contributed by atoms with Gasteiger partial charge < -0.3 is 14.4 Å². The number of carbonyl (C=O) groups excluding carboxylic acids is 2. The topological polar surface area (TPSA) is 68.7 Å². The third-order valence-corrected chi connectivity index (χ3v) is 6.44. The predicted molar refractivity (Wildman–Crippen MR) is 130 cm³/mol. The molecule has 1 unspecified atom stereocenters. The normalized spacial score (nSPS) is 15.2. The van der Waals surface area contributed by atoms with E-state index in [4.69, 9.17) is 9.47 Å². The second kappa shape index (κ2) is 9.75. The predicted octanol–water partition coefficient (Wildman–Crippen LogP) is 5.70. The molecule has 0 radical (unpaired) electrons. The third-order valence-electron chi connectivity index (χ3n) is 5.55. The van der Waals surface area contributed by atoms with Gasteiger partial charge in [0.2, 0.25) is 0 Å². The van der Waals surface area contributed by atoms with Crippen LogP contribution < -0.4 is 9.64 Å². The van der Waals surface area contributed by atoms with E-state index >= 15 is 0 Å². The minimum Gasteiger partial charge on any atom is -0.478 e. The number of rotatable bonds is 7. The molecule has 0 spiro atoms. The first-order valence-electron chi connectivity index (χ1n) is 11.2. The Balaban J connectivity index is 1.69. The largest absolute Gasteiger partial charge is 0.478 e. The zero-order valence-corrected chi connectivity index (χ0v) is 20.2. The molecule has 1 aromatic heterocycles. The molecule has 2 heterocycles. The van der Waals surface area contributed by atoms with Crippen LogP contribution in [0.2, 0.25) is 0 Å². The van der Waals surface area contributed by atoms with Crippen molar-refractivity contribution in [3.8, 4) is 17.0 Å². The Morgan fingerprint density at radius 1 is 1.18 bits per heavy atom. The van der Waals surface area contributed by atoms with Gasteiger partial charge in [0.1, 0.15) is 5.75 Å². The van der Waals surface area contributed by atoms with Crippen LogP contribution >= 0.6 is 11.3 Å². The Morgan fingerprint density at radius 3 is 2.70 bits per heavy atom. The van der Waals surface area contributed by atoms with Gasteiger partial charge >= 0.3 is 5.97 Å². The monoisotopic (exact) mass is 464 g/mol. The van der Waals surface area contributed by atoms with Crippen molar-refractivity contribution < 1.29 is 19.1 Å². The van der Waals surface area contributed by atoms with Crippen molar-refractivity contribution >= 4 is 28.9 Å². The fourth-order valence-electron chi connectivity index (χ4n) is 3.95. The number of carbonyl (C=O) groups is 2. The zero-order valence-electron chi connectivity index (χ0n) is 19.4. The van der Waals surface area contributed by atoms with E-state index in [9.17, 15) is 9.59 Å². The number of nitrogens with zero attached hydrogens (tertiary/aromatic N) is 2. The maximum atomic E-state index is 13.3. The molecule has 33 heavy (non-hydrogen) atoms. The Morgan fingerprint density at radius 2 is 2.00 bits per heavy atom. The average Bonchev–Trinajstić information content (AvgIpc) is 3.16. The van der Waals surface area contributed by atoms with Gasteiger partial charge in [0, 0.05) is 10.4 Å². The first-order valence-corrected chi connectivity index (χ1v) is 12.1. The molecule has 1 aliphatic heterocycles. The highest BCUT2D eigenvalue weighted by Gasteiger charge is 2.34. The van der Waals surface area contributed by atoms with Crippen LogP contribution in [0.1, 0.15) is 52.5 Å². The van der Waals surface area contributed by atoms with E-state index in [1.54, 1.807) is 28.4 Å². The quantitative estimate of drug-likeness (QED) is 0.420. The van der Waals surface area contributed by atoms with Crippen LogP contribution in [0.15, 0.2) is 42.5 Å². The number of thiazole rings is 1. The summed E-state index contributed by atoms with van der Waals surface area (Å²) in [7, 11) is 0. The molecular weight excluding hydrogens is 436 g/mol. The molecule has 0 saturated carbocycles. The first-order chi connectivity index (χ1) is 15.9. The van der Waals surface area contributed by atoms with Gasteiger partial charge in [-0.15, -0.1) is 11.3 Å². The smallest absolute Gasteiger partial charge is 0.338 e. The minimum atomic E-state index is -0.538. The number of ether oxygens (including phenoxy) is 2. The fraction of sp³-hybridized carbons (Fsp3) is 0.346. The van der Waals surface area contributed by atoms with Gasteiger partial charge in [-0.05, 0) is 62.6 Å². The van der Waals surface area contributed by atoms with Crippen LogP contribution in [-0.4, -0.2) is 29.6 Å². The first kappa shape index (κ1) is 23.0. The number of aromatic nitrogens is 1. The SMILES string of the molecule is CCCOC(=O)c1cccc(CN2C(=O)C(CC)Oc3ccc(-c4nc(C)sc4C)cc32)c1. The van der Waals surface area contributed by atoms with E-state index < -0.39 is 6.10 Å². The highest BCUT2D eigenvalue weighted by molar-refractivity contribution is 7.11. The van der Waals surface area contributed by atoms with Gasteiger partial charge in [0.05, 0.1) is 35.1 Å². The number of anilines is 1. The highest BCUT2D eigenvalue weighted by atomic mass is 32.1. The van der Waals surface area contributed by atoms with E-state index in [1.165, 1.54) is 0 Å². The van der Waals surface area contributed by atoms with Gasteiger partial charge in [-0.25, -0.2) is 9.78 Å². The lowest BCUT2D eigenvalue weighted by atomic mass is 10.0. The second-order valence-corrected chi connectivity index (χ2v) is 9.50. The number of hydrogen-bond acceptors (Lipinski definition) is 6. The van der Waals surface area contributed by atoms with Crippen molar-refractivity contribution in [1.29, 1.82) is 0 Å². The number of aryl methyl sites for hydroxylation is 2. The summed E-state index contributed by atoms with van der Waals surface area (Å²) in [5.41, 5.74) is 3.92. The number of esters is 1. The lowest BCUT2D eigenvalue weighted by Crippen LogP contribution is -2.45. The van der Waals surface area contributed by atoms with Gasteiger partial charge in [-0.1, -0.05) is 26.0 Å². The number of hydrogen-bond donors (Lipinski definition) is 0. The fourth-order valence-corrected chi connectivity index (χ4v) is 4.79. The molecule has 3 aromatic rings. The highest BCUT2D eigenvalue weighted by Crippen LogP contribution is 2.40. The molecule has 0 fully saturated rings. The van der Waals surface area contributed by atoms with E-state index in [0.717, 1.165) is 33.1 Å². The average molecular weight is 465 g/mol. The number of fused-ring (bicyclic) bond motifs is 1. The second-order valence-electron chi connectivity index (χ2n) is 8.10. The molecule has 0 bridgehead atoms. The maximum Gasteiger partial charge on any atom is 0.338 e. The van der Waals surface area contributed by atoms with Crippen molar-refractivity contribution in [3.05, 3.63) is 63.5 Å². The molecule has 6 nitrogen and oxygen atoms in total. The third kappa shape index (κ3) is 4.78. The standard InChI is InChI=1S/C26H28N2O4S/c1-5-12-31-26(30)20-9-7-8-18(13-20)15-28-21-14-19(24-16(3)33-17(4)27-24)10-11-23(21)32-22(6-2)25(28)29/h7-11,13-14,22H,5-6,12,15H2,1-4H3. The summed E-state index contributed by atoms with van der Waals surface area (Å²) in [6.07, 6.45) is 0.803. The Labute approximate surface area is 198 Å². The zero-order chi connectivity index (χ0) is 23.5. The van der Waals surface area contributed by atoms with E-state index in [-0.39, 0.29) is 11.9 Å². The summed E-state index contributed by atoms with van der Waals surface area (Å²) >= 11 is 1.65. The minimum absolute atomic E-state index is 0.0905. The summed E-state index contributed by atoms with van der Waals surface area (Å²) in [5, 5.41) is 1.00. The van der Waals surface area contributed by atoms with Gasteiger partial charge in [-0.3, -0.25) is 4.79 Å². The van der Waals surface area contributed by atoms with Crippen LogP contribution in [0.4, 0.5) is 5.69 Å². The molecule has 0 aliphatic carbocycles. The maximum absolute atomic E-state index is 13.3. The summed E-state index contributed by atoms with van der Waals surface area (Å²) in [5.74, 6) is 0.233. The molecule has 7 heteroatoms. The molecule has 1 amide bonds. The summed E-state index contributed by atoms with van der Waals surface area (Å²) in [6, 6.07) is 13.1. The lowest BCUT2D eigenvalue weighted by Gasteiger charge is -2.34. The molecule has 0 saturated heterocycles. The molecule has 1 aliphatic rings. The number of amides is 1. The molecule has 0 N–H and O–H groups in total. The van der Waals surface area contributed by atoms with Crippen LogP contribution in [0.5, 0.6) is 5.75 Å². The summed E-state index contributed by atoms with van der Waals surface area (Å²) in [4.78, 5) is 33.2. The van der Waals surface area contributed by atoms with Gasteiger partial charge in [-0.2, -0.15) is 0 Å². The van der Waals surface area contributed by atoms with Crippen LogP contribution in [-0.2, 0) is 16.1 Å². The van der Waals surface area contributed by atoms with E-state index in [0.29, 0.717) is 36.6 Å². The number of benzene rings is 2. The molecular formula is C26H28N2O4S. The Kier molecular flexibility index (Phi) is 6.79. The van der Waals surface area contributed by atoms with Crippen molar-refractivity contribution in [2.45, 2.75) is 53.2 Å². The van der Waals surface area contributed by atoms with Crippen molar-refractivity contribution in [2.24, 2.45) is 0 Å². The van der Waals surface area contributed by atoms with Crippen molar-refractivity contribution in [3.63, 3.8) is 0 Å². The van der Waals surface area contributed by atoms with Crippen molar-refractivity contribution in [2.75, 3.05) is 11.5 Å². The van der Waals surface area contributed by atoms with E-state index in [1.807, 2.05) is 51.1 Å². The van der Waals surface area contributed by atoms with Crippen molar-refractivity contribution in [1.82, 2.24) is 4.98 Å².